The van der Waals surface area contributed by atoms with Gasteiger partial charge in [0.2, 0.25) is 6.29 Å². The number of para-hydroxylation sites is 1. The number of hydroxylamine groups is 2. The molecule has 6 heteroatoms. The molecule has 0 radical (unpaired) electrons. The lowest BCUT2D eigenvalue weighted by molar-refractivity contribution is -0.325. The van der Waals surface area contributed by atoms with Gasteiger partial charge in [0, 0.05) is 11.1 Å². The molecule has 6 nitrogen and oxygen atoms in total. The molecule has 2 atom stereocenters. The molecule has 3 aromatic carbocycles. The number of hydrogen-bond donors (Lipinski definition) is 1. The lowest BCUT2D eigenvalue weighted by Crippen LogP contribution is -2.47. The van der Waals surface area contributed by atoms with Gasteiger partial charge < -0.3 is 14.6 Å². The van der Waals surface area contributed by atoms with Gasteiger partial charge >= 0.3 is 0 Å². The number of aromatic hydroxyl groups is 1. The van der Waals surface area contributed by atoms with E-state index in [0.29, 0.717) is 11.1 Å². The normalized spacial score (nSPS) is 19.0. The topological polar surface area (TPSA) is 68.2 Å². The first kappa shape index (κ1) is 19.0. The molecule has 1 heterocycles. The highest BCUT2D eigenvalue weighted by Crippen LogP contribution is 2.30. The molecule has 0 spiro atoms. The Balaban J connectivity index is 1.53. The number of benzene rings is 3. The van der Waals surface area contributed by atoms with E-state index in [9.17, 15) is 9.90 Å². The number of ether oxygens (including phenoxy) is 2. The van der Waals surface area contributed by atoms with Gasteiger partial charge in [-0.1, -0.05) is 48.5 Å². The number of carbonyl (C=O) groups excluding carboxylic acids is 1. The van der Waals surface area contributed by atoms with Crippen molar-refractivity contribution in [2.75, 3.05) is 13.2 Å². The first-order valence-corrected chi connectivity index (χ1v) is 9.35. The molecule has 0 bridgehead atoms. The van der Waals surface area contributed by atoms with Crippen molar-refractivity contribution >= 4 is 5.91 Å². The molecule has 1 N–H and O–H groups in total. The first-order chi connectivity index (χ1) is 14.2. The lowest BCUT2D eigenvalue weighted by Gasteiger charge is -2.37. The fourth-order valence-electron chi connectivity index (χ4n) is 3.05. The van der Waals surface area contributed by atoms with Crippen LogP contribution in [0.2, 0.25) is 0 Å². The van der Waals surface area contributed by atoms with Crippen LogP contribution < -0.4 is 4.74 Å². The van der Waals surface area contributed by atoms with Gasteiger partial charge in [0.05, 0.1) is 6.54 Å². The number of amides is 1. The zero-order valence-electron chi connectivity index (χ0n) is 15.7. The van der Waals surface area contributed by atoms with E-state index in [1.165, 1.54) is 5.06 Å². The second kappa shape index (κ2) is 8.77. The largest absolute Gasteiger partial charge is 0.508 e. The van der Waals surface area contributed by atoms with Crippen LogP contribution in [0.4, 0.5) is 0 Å². The number of hydrogen-bond acceptors (Lipinski definition) is 5. The highest BCUT2D eigenvalue weighted by Gasteiger charge is 2.34. The third-order valence-corrected chi connectivity index (χ3v) is 4.48. The Bertz CT molecular complexity index is 948. The number of phenolic OH excluding ortho intramolecular Hbond substituents is 1. The third-order valence-electron chi connectivity index (χ3n) is 4.48. The van der Waals surface area contributed by atoms with E-state index in [1.807, 2.05) is 36.4 Å². The van der Waals surface area contributed by atoms with Crippen LogP contribution in [0.25, 0.3) is 0 Å². The molecule has 0 saturated carbocycles. The Morgan fingerprint density at radius 1 is 1.00 bits per heavy atom. The molecule has 0 aromatic heterocycles. The van der Waals surface area contributed by atoms with Crippen molar-refractivity contribution in [1.82, 2.24) is 5.06 Å². The van der Waals surface area contributed by atoms with E-state index in [0.717, 1.165) is 5.75 Å². The smallest absolute Gasteiger partial charge is 0.277 e. The second-order valence-corrected chi connectivity index (χ2v) is 6.65. The summed E-state index contributed by atoms with van der Waals surface area (Å²) in [5.41, 5.74) is 1.13. The highest BCUT2D eigenvalue weighted by atomic mass is 16.8. The van der Waals surface area contributed by atoms with Crippen molar-refractivity contribution in [1.29, 1.82) is 0 Å². The maximum Gasteiger partial charge on any atom is 0.277 e. The predicted molar refractivity (Wildman–Crippen MR) is 106 cm³/mol. The monoisotopic (exact) mass is 391 g/mol. The quantitative estimate of drug-likeness (QED) is 0.713. The Hall–Kier alpha value is -3.35. The average molecular weight is 391 g/mol. The van der Waals surface area contributed by atoms with Gasteiger partial charge in [-0.15, -0.1) is 0 Å². The van der Waals surface area contributed by atoms with Crippen LogP contribution in [0.5, 0.6) is 11.5 Å². The summed E-state index contributed by atoms with van der Waals surface area (Å²) in [6, 6.07) is 24.9. The summed E-state index contributed by atoms with van der Waals surface area (Å²) in [5.74, 6) is 0.555. The predicted octanol–water partition coefficient (Wildman–Crippen LogP) is 3.94. The molecule has 0 aliphatic carbocycles. The number of nitrogens with zero attached hydrogens (tertiary/aromatic N) is 1. The summed E-state index contributed by atoms with van der Waals surface area (Å²) in [7, 11) is 0. The van der Waals surface area contributed by atoms with Crippen molar-refractivity contribution in [2.24, 2.45) is 0 Å². The Morgan fingerprint density at radius 3 is 2.45 bits per heavy atom. The molecule has 1 fully saturated rings. The van der Waals surface area contributed by atoms with E-state index in [2.05, 4.69) is 0 Å². The SMILES string of the molecule is O=C(c1ccccc1)N1C[C@@H](COc2ccccc2)O[C@@H](c2cccc(O)c2)O1. The van der Waals surface area contributed by atoms with Crippen LogP contribution in [0.3, 0.4) is 0 Å². The van der Waals surface area contributed by atoms with Crippen LogP contribution in [0.1, 0.15) is 22.2 Å². The lowest BCUT2D eigenvalue weighted by atomic mass is 10.2. The molecule has 3 aromatic rings. The average Bonchev–Trinajstić information content (AvgIpc) is 2.78. The van der Waals surface area contributed by atoms with Crippen LogP contribution in [0, 0.1) is 0 Å². The summed E-state index contributed by atoms with van der Waals surface area (Å²) in [4.78, 5) is 18.7. The minimum atomic E-state index is -0.840. The van der Waals surface area contributed by atoms with Crippen LogP contribution >= 0.6 is 0 Å². The van der Waals surface area contributed by atoms with Gasteiger partial charge in [0.25, 0.3) is 5.91 Å². The Labute approximate surface area is 168 Å². The summed E-state index contributed by atoms with van der Waals surface area (Å²) in [5, 5.41) is 11.1. The maximum atomic E-state index is 12.9. The van der Waals surface area contributed by atoms with Crippen LogP contribution in [-0.2, 0) is 9.57 Å². The molecule has 1 saturated heterocycles. The van der Waals surface area contributed by atoms with E-state index in [4.69, 9.17) is 14.3 Å². The first-order valence-electron chi connectivity index (χ1n) is 9.35. The zero-order valence-corrected chi connectivity index (χ0v) is 15.7. The van der Waals surface area contributed by atoms with E-state index in [-0.39, 0.29) is 24.8 Å². The molecule has 1 amide bonds. The van der Waals surface area contributed by atoms with Gasteiger partial charge in [-0.25, -0.2) is 9.90 Å². The highest BCUT2D eigenvalue weighted by molar-refractivity contribution is 5.93. The van der Waals surface area contributed by atoms with Gasteiger partial charge in [-0.2, -0.15) is 0 Å². The number of carbonyl (C=O) groups is 1. The summed E-state index contributed by atoms with van der Waals surface area (Å²) in [6.45, 7) is 0.469. The molecule has 0 unspecified atom stereocenters. The van der Waals surface area contributed by atoms with Crippen molar-refractivity contribution in [3.8, 4) is 11.5 Å². The molecule has 29 heavy (non-hydrogen) atoms. The summed E-state index contributed by atoms with van der Waals surface area (Å²) in [6.07, 6.45) is -1.25. The number of phenols is 1. The number of rotatable bonds is 5. The summed E-state index contributed by atoms with van der Waals surface area (Å²) < 4.78 is 11.8. The van der Waals surface area contributed by atoms with E-state index < -0.39 is 12.4 Å². The molecule has 4 rings (SSSR count). The van der Waals surface area contributed by atoms with Crippen molar-refractivity contribution < 1.29 is 24.2 Å². The van der Waals surface area contributed by atoms with E-state index >= 15 is 0 Å². The second-order valence-electron chi connectivity index (χ2n) is 6.65. The minimum absolute atomic E-state index is 0.0956. The Morgan fingerprint density at radius 2 is 1.72 bits per heavy atom. The fourth-order valence-corrected chi connectivity index (χ4v) is 3.05. The molecule has 1 aliphatic heterocycles. The zero-order chi connectivity index (χ0) is 20.1. The van der Waals surface area contributed by atoms with Crippen LogP contribution in [-0.4, -0.2) is 35.3 Å². The van der Waals surface area contributed by atoms with Gasteiger partial charge in [-0.05, 0) is 36.4 Å². The van der Waals surface area contributed by atoms with Crippen molar-refractivity contribution in [3.63, 3.8) is 0 Å². The minimum Gasteiger partial charge on any atom is -0.508 e. The van der Waals surface area contributed by atoms with E-state index in [1.54, 1.807) is 48.5 Å². The molecular formula is C23H21NO5. The molecular weight excluding hydrogens is 370 g/mol. The molecule has 148 valence electrons. The van der Waals surface area contributed by atoms with Crippen molar-refractivity contribution in [3.05, 3.63) is 96.1 Å². The van der Waals surface area contributed by atoms with Gasteiger partial charge in [0.1, 0.15) is 24.2 Å². The van der Waals surface area contributed by atoms with Gasteiger partial charge in [0.15, 0.2) is 0 Å². The van der Waals surface area contributed by atoms with Crippen molar-refractivity contribution in [2.45, 2.75) is 12.4 Å². The van der Waals surface area contributed by atoms with Gasteiger partial charge in [-0.3, -0.25) is 4.79 Å². The third kappa shape index (κ3) is 4.74. The summed E-state index contributed by atoms with van der Waals surface area (Å²) >= 11 is 0. The fraction of sp³-hybridized carbons (Fsp3) is 0.174. The molecule has 1 aliphatic rings. The maximum absolute atomic E-state index is 12.9. The Kier molecular flexibility index (Phi) is 5.74. The standard InChI is InChI=1S/C23H21NO5/c25-19-11-7-10-18(14-19)23-28-21(16-27-20-12-5-2-6-13-20)15-24(29-23)22(26)17-8-3-1-4-9-17/h1-14,21,23,25H,15-16H2/t21-,23+/m0/s1. The van der Waals surface area contributed by atoms with Crippen LogP contribution in [0.15, 0.2) is 84.9 Å².